The molecule has 0 spiro atoms. The third-order valence-corrected chi connectivity index (χ3v) is 5.43. The Hall–Kier alpha value is -3.53. The summed E-state index contributed by atoms with van der Waals surface area (Å²) in [6.45, 7) is 0. The molecule has 3 aromatic rings. The topological polar surface area (TPSA) is 32.8 Å². The fourth-order valence-corrected chi connectivity index (χ4v) is 3.69. The zero-order chi connectivity index (χ0) is 21.3. The number of carbonyl (C=O) groups excluding carboxylic acids is 1. The predicted octanol–water partition coefficient (Wildman–Crippen LogP) is 5.16. The van der Waals surface area contributed by atoms with Crippen LogP contribution in [-0.2, 0) is 4.74 Å². The molecule has 1 atom stereocenters. The Labute approximate surface area is 178 Å². The van der Waals surface area contributed by atoms with Crippen LogP contribution in [0.5, 0.6) is 0 Å². The van der Waals surface area contributed by atoms with Gasteiger partial charge in [0.25, 0.3) is 0 Å². The zero-order valence-corrected chi connectivity index (χ0v) is 17.8. The quantitative estimate of drug-likeness (QED) is 0.556. The van der Waals surface area contributed by atoms with Gasteiger partial charge in [0, 0.05) is 45.1 Å². The first-order valence-corrected chi connectivity index (χ1v) is 10.0. The van der Waals surface area contributed by atoms with E-state index in [2.05, 4.69) is 64.4 Å². The first-order valence-electron chi connectivity index (χ1n) is 10.0. The molecule has 0 saturated heterocycles. The van der Waals surface area contributed by atoms with Crippen LogP contribution in [0.1, 0.15) is 33.2 Å². The molecule has 0 fully saturated rings. The summed E-state index contributed by atoms with van der Waals surface area (Å²) >= 11 is 0. The van der Waals surface area contributed by atoms with Crippen molar-refractivity contribution in [1.82, 2.24) is 0 Å². The minimum Gasteiger partial charge on any atom is -0.450 e. The number of hydrogen-bond acceptors (Lipinski definition) is 4. The van der Waals surface area contributed by atoms with E-state index in [0.29, 0.717) is 5.56 Å². The number of cyclic esters (lactones) is 1. The van der Waals surface area contributed by atoms with Crippen molar-refractivity contribution in [2.24, 2.45) is 0 Å². The number of carbonyl (C=O) groups is 1. The Morgan fingerprint density at radius 2 is 1.27 bits per heavy atom. The Balaban J connectivity index is 1.79. The Bertz CT molecular complexity index is 1030. The number of benzene rings is 3. The summed E-state index contributed by atoms with van der Waals surface area (Å²) in [6, 6.07) is 24.5. The summed E-state index contributed by atoms with van der Waals surface area (Å²) in [5.41, 5.74) is 7.04. The van der Waals surface area contributed by atoms with Crippen molar-refractivity contribution in [3.8, 4) is 0 Å². The summed E-state index contributed by atoms with van der Waals surface area (Å²) in [5.74, 6) is -0.267. The third kappa shape index (κ3) is 3.81. The first kappa shape index (κ1) is 19.8. The smallest absolute Gasteiger partial charge is 0.339 e. The van der Waals surface area contributed by atoms with Gasteiger partial charge < -0.3 is 14.5 Å². The minimum absolute atomic E-state index is 0.267. The predicted molar refractivity (Wildman–Crippen MR) is 123 cm³/mol. The van der Waals surface area contributed by atoms with E-state index in [0.717, 1.165) is 33.6 Å². The molecule has 4 heteroatoms. The summed E-state index contributed by atoms with van der Waals surface area (Å²) in [4.78, 5) is 16.5. The molecule has 1 aliphatic heterocycles. The average molecular weight is 399 g/mol. The van der Waals surface area contributed by atoms with Crippen LogP contribution in [0, 0.1) is 0 Å². The highest BCUT2D eigenvalue weighted by molar-refractivity contribution is 5.95. The fraction of sp³-hybridized carbons (Fsp3) is 0.192. The molecule has 4 nitrogen and oxygen atoms in total. The molecular weight excluding hydrogens is 372 g/mol. The van der Waals surface area contributed by atoms with Crippen molar-refractivity contribution in [2.75, 3.05) is 38.0 Å². The van der Waals surface area contributed by atoms with Gasteiger partial charge in [0.2, 0.25) is 0 Å². The summed E-state index contributed by atoms with van der Waals surface area (Å²) in [6.07, 6.45) is 1.66. The zero-order valence-electron chi connectivity index (χ0n) is 17.8. The van der Waals surface area contributed by atoms with Crippen molar-refractivity contribution in [3.05, 3.63) is 101 Å². The molecule has 1 aliphatic rings. The number of esters is 1. The molecule has 0 aromatic heterocycles. The summed E-state index contributed by atoms with van der Waals surface area (Å²) in [5, 5.41) is 0. The van der Waals surface area contributed by atoms with Crippen LogP contribution in [0.15, 0.2) is 78.9 Å². The van der Waals surface area contributed by atoms with Crippen molar-refractivity contribution < 1.29 is 9.53 Å². The number of fused-ring (bicyclic) bond motifs is 1. The molecule has 0 bridgehead atoms. The normalized spacial score (nSPS) is 14.7. The van der Waals surface area contributed by atoms with E-state index in [1.165, 1.54) is 0 Å². The number of nitrogens with zero attached hydrogens (tertiary/aromatic N) is 2. The highest BCUT2D eigenvalue weighted by Gasteiger charge is 2.29. The van der Waals surface area contributed by atoms with Gasteiger partial charge >= 0.3 is 5.97 Å². The lowest BCUT2D eigenvalue weighted by Crippen LogP contribution is -2.08. The standard InChI is InChI=1S/C26H26N2O2/c1-27(2)20-13-9-18(10-14-20)24(19-11-15-21(16-12-19)28(3)4)17-25-22-7-5-6-8-23(22)26(29)30-25/h5-17,25H,1-4H3. The SMILES string of the molecule is CN(C)c1ccc(C(=CC2OC(=O)c3ccccc32)c2ccc(N(C)C)cc2)cc1. The molecule has 0 radical (unpaired) electrons. The fourth-order valence-electron chi connectivity index (χ4n) is 3.69. The second-order valence-electron chi connectivity index (χ2n) is 7.88. The second kappa shape index (κ2) is 8.07. The largest absolute Gasteiger partial charge is 0.450 e. The summed E-state index contributed by atoms with van der Waals surface area (Å²) in [7, 11) is 8.11. The van der Waals surface area contributed by atoms with E-state index in [9.17, 15) is 4.79 Å². The first-order chi connectivity index (χ1) is 14.4. The molecular formula is C26H26N2O2. The monoisotopic (exact) mass is 398 g/mol. The lowest BCUT2D eigenvalue weighted by atomic mass is 9.94. The average Bonchev–Trinajstić information content (AvgIpc) is 3.08. The Kier molecular flexibility index (Phi) is 5.32. The van der Waals surface area contributed by atoms with E-state index >= 15 is 0 Å². The Morgan fingerprint density at radius 1 is 0.767 bits per heavy atom. The van der Waals surface area contributed by atoms with Gasteiger partial charge in [-0.3, -0.25) is 0 Å². The van der Waals surface area contributed by atoms with Gasteiger partial charge in [0.15, 0.2) is 0 Å². The highest BCUT2D eigenvalue weighted by Crippen LogP contribution is 2.36. The lowest BCUT2D eigenvalue weighted by molar-refractivity contribution is 0.0468. The van der Waals surface area contributed by atoms with E-state index < -0.39 is 6.10 Å². The van der Waals surface area contributed by atoms with E-state index in [1.807, 2.05) is 52.5 Å². The van der Waals surface area contributed by atoms with Crippen molar-refractivity contribution in [2.45, 2.75) is 6.10 Å². The Morgan fingerprint density at radius 3 is 1.77 bits per heavy atom. The molecule has 0 N–H and O–H groups in total. The maximum absolute atomic E-state index is 12.3. The van der Waals surface area contributed by atoms with Crippen LogP contribution in [-0.4, -0.2) is 34.2 Å². The van der Waals surface area contributed by atoms with E-state index in [-0.39, 0.29) is 5.97 Å². The van der Waals surface area contributed by atoms with Crippen LogP contribution in [0.2, 0.25) is 0 Å². The number of hydrogen-bond donors (Lipinski definition) is 0. The van der Waals surface area contributed by atoms with E-state index in [1.54, 1.807) is 0 Å². The van der Waals surface area contributed by atoms with Crippen LogP contribution >= 0.6 is 0 Å². The minimum atomic E-state index is -0.397. The highest BCUT2D eigenvalue weighted by atomic mass is 16.5. The molecule has 1 heterocycles. The number of rotatable bonds is 5. The molecule has 4 rings (SSSR count). The third-order valence-electron chi connectivity index (χ3n) is 5.43. The van der Waals surface area contributed by atoms with Gasteiger partial charge in [-0.05, 0) is 53.1 Å². The molecule has 0 aliphatic carbocycles. The van der Waals surface area contributed by atoms with Crippen LogP contribution in [0.4, 0.5) is 11.4 Å². The molecule has 30 heavy (non-hydrogen) atoms. The molecule has 0 saturated carbocycles. The van der Waals surface area contributed by atoms with Gasteiger partial charge in [0.05, 0.1) is 5.56 Å². The molecule has 1 unspecified atom stereocenters. The van der Waals surface area contributed by atoms with Gasteiger partial charge in [-0.2, -0.15) is 0 Å². The van der Waals surface area contributed by atoms with Crippen LogP contribution in [0.25, 0.3) is 5.57 Å². The van der Waals surface area contributed by atoms with Crippen molar-refractivity contribution >= 4 is 22.9 Å². The lowest BCUT2D eigenvalue weighted by Gasteiger charge is -2.17. The maximum atomic E-state index is 12.3. The number of ether oxygens (including phenoxy) is 1. The van der Waals surface area contributed by atoms with Crippen LogP contribution in [0.3, 0.4) is 0 Å². The maximum Gasteiger partial charge on any atom is 0.339 e. The van der Waals surface area contributed by atoms with Crippen molar-refractivity contribution in [1.29, 1.82) is 0 Å². The summed E-state index contributed by atoms with van der Waals surface area (Å²) < 4.78 is 5.70. The van der Waals surface area contributed by atoms with Gasteiger partial charge in [-0.25, -0.2) is 4.79 Å². The molecule has 0 amide bonds. The molecule has 3 aromatic carbocycles. The van der Waals surface area contributed by atoms with Gasteiger partial charge in [-0.15, -0.1) is 0 Å². The van der Waals surface area contributed by atoms with Crippen molar-refractivity contribution in [3.63, 3.8) is 0 Å². The van der Waals surface area contributed by atoms with E-state index in [4.69, 9.17) is 4.74 Å². The second-order valence-corrected chi connectivity index (χ2v) is 7.88. The van der Waals surface area contributed by atoms with Gasteiger partial charge in [-0.1, -0.05) is 42.5 Å². The van der Waals surface area contributed by atoms with Crippen LogP contribution < -0.4 is 9.80 Å². The number of anilines is 2. The van der Waals surface area contributed by atoms with Gasteiger partial charge in [0.1, 0.15) is 6.10 Å². The molecule has 152 valence electrons.